The summed E-state index contributed by atoms with van der Waals surface area (Å²) in [5.41, 5.74) is 5.01. The van der Waals surface area contributed by atoms with Gasteiger partial charge in [-0.1, -0.05) is 24.3 Å². The maximum atomic E-state index is 12.2. The van der Waals surface area contributed by atoms with Crippen molar-refractivity contribution in [3.05, 3.63) is 70.4 Å². The molecule has 2 N–H and O–H groups in total. The summed E-state index contributed by atoms with van der Waals surface area (Å²) in [5.74, 6) is 0. The first-order valence-corrected chi connectivity index (χ1v) is 6.52. The van der Waals surface area contributed by atoms with E-state index in [2.05, 4.69) is 10.7 Å². The van der Waals surface area contributed by atoms with E-state index in [1.54, 1.807) is 18.3 Å². The molecule has 0 spiro atoms. The molecule has 0 bridgehead atoms. The highest BCUT2D eigenvalue weighted by Crippen LogP contribution is 2.23. The Hall–Kier alpha value is -3.35. The van der Waals surface area contributed by atoms with E-state index in [0.717, 1.165) is 11.3 Å². The number of nitrogens with one attached hydrogen (secondary N) is 2. The number of amides is 2. The van der Waals surface area contributed by atoms with E-state index in [-0.39, 0.29) is 5.69 Å². The van der Waals surface area contributed by atoms with Gasteiger partial charge in [0.15, 0.2) is 0 Å². The number of carbonyl (C=O) groups is 1. The Morgan fingerprint density at radius 2 is 2.00 bits per heavy atom. The summed E-state index contributed by atoms with van der Waals surface area (Å²) in [4.78, 5) is 22.4. The molecular weight excluding hydrogens is 284 g/mol. The number of hydrazine groups is 1. The van der Waals surface area contributed by atoms with Crippen LogP contribution in [-0.2, 0) is 0 Å². The lowest BCUT2D eigenvalue weighted by molar-refractivity contribution is -0.384. The molecule has 7 nitrogen and oxygen atoms in total. The normalized spacial score (nSPS) is 12.3. The largest absolute Gasteiger partial charge is 0.344 e. The van der Waals surface area contributed by atoms with E-state index in [9.17, 15) is 14.9 Å². The molecule has 0 aliphatic carbocycles. The molecule has 0 unspecified atom stereocenters. The van der Waals surface area contributed by atoms with Crippen LogP contribution in [0.25, 0.3) is 6.08 Å². The lowest BCUT2D eigenvalue weighted by atomic mass is 10.1. The molecule has 3 rings (SSSR count). The van der Waals surface area contributed by atoms with Crippen LogP contribution < -0.4 is 10.7 Å². The third-order valence-corrected chi connectivity index (χ3v) is 3.13. The molecule has 2 amide bonds. The molecule has 7 heteroatoms. The molecule has 0 saturated carbocycles. The van der Waals surface area contributed by atoms with Crippen LogP contribution in [0.1, 0.15) is 5.56 Å². The number of nitro benzene ring substituents is 1. The number of anilines is 2. The van der Waals surface area contributed by atoms with E-state index < -0.39 is 11.0 Å². The molecule has 2 aromatic carbocycles. The maximum Gasteiger partial charge on any atom is 0.344 e. The highest BCUT2D eigenvalue weighted by atomic mass is 16.6. The molecule has 0 saturated heterocycles. The summed E-state index contributed by atoms with van der Waals surface area (Å²) in [6.45, 7) is 0. The molecule has 0 radical (unpaired) electrons. The zero-order chi connectivity index (χ0) is 15.5. The smallest absolute Gasteiger partial charge is 0.306 e. The van der Waals surface area contributed by atoms with E-state index in [0.29, 0.717) is 5.69 Å². The number of nitro groups is 1. The molecule has 1 aliphatic rings. The Kier molecular flexibility index (Phi) is 3.45. The van der Waals surface area contributed by atoms with Crippen LogP contribution in [0.4, 0.5) is 21.9 Å². The lowest BCUT2D eigenvalue weighted by Gasteiger charge is -2.25. The Labute approximate surface area is 126 Å². The molecule has 0 atom stereocenters. The third kappa shape index (κ3) is 2.73. The topological polar surface area (TPSA) is 87.5 Å². The zero-order valence-electron chi connectivity index (χ0n) is 11.4. The second kappa shape index (κ2) is 5.57. The van der Waals surface area contributed by atoms with Gasteiger partial charge < -0.3 is 5.32 Å². The maximum absolute atomic E-state index is 12.2. The molecule has 1 heterocycles. The van der Waals surface area contributed by atoms with E-state index in [4.69, 9.17) is 0 Å². The quantitative estimate of drug-likeness (QED) is 0.656. The fourth-order valence-electron chi connectivity index (χ4n) is 2.07. The Morgan fingerprint density at radius 3 is 2.82 bits per heavy atom. The van der Waals surface area contributed by atoms with Crippen LogP contribution >= 0.6 is 0 Å². The van der Waals surface area contributed by atoms with Crippen LogP contribution in [0.15, 0.2) is 54.7 Å². The van der Waals surface area contributed by atoms with Gasteiger partial charge in [-0.05, 0) is 18.2 Å². The minimum absolute atomic E-state index is 0.0784. The summed E-state index contributed by atoms with van der Waals surface area (Å²) in [7, 11) is 0. The van der Waals surface area contributed by atoms with Crippen molar-refractivity contribution < 1.29 is 9.72 Å². The molecule has 110 valence electrons. The van der Waals surface area contributed by atoms with E-state index >= 15 is 0 Å². The summed E-state index contributed by atoms with van der Waals surface area (Å²) < 4.78 is 0. The second-order valence-electron chi connectivity index (χ2n) is 4.62. The molecule has 0 fully saturated rings. The number of carbonyl (C=O) groups excluding carboxylic acids is 1. The van der Waals surface area contributed by atoms with Gasteiger partial charge in [0.05, 0.1) is 10.6 Å². The Balaban J connectivity index is 1.74. The van der Waals surface area contributed by atoms with Crippen molar-refractivity contribution in [1.29, 1.82) is 0 Å². The van der Waals surface area contributed by atoms with Gasteiger partial charge in [-0.25, -0.2) is 9.80 Å². The first kappa shape index (κ1) is 13.6. The van der Waals surface area contributed by atoms with Crippen molar-refractivity contribution in [1.82, 2.24) is 5.01 Å². The average Bonchev–Trinajstić information content (AvgIpc) is 2.54. The lowest BCUT2D eigenvalue weighted by Crippen LogP contribution is -2.36. The number of para-hydroxylation sites is 1. The van der Waals surface area contributed by atoms with E-state index in [1.165, 1.54) is 23.2 Å². The van der Waals surface area contributed by atoms with Crippen LogP contribution in [0.3, 0.4) is 0 Å². The highest BCUT2D eigenvalue weighted by molar-refractivity contribution is 5.92. The third-order valence-electron chi connectivity index (χ3n) is 3.13. The number of urea groups is 1. The SMILES string of the molecule is O=C(Nc1cccc([N+](=O)[O-])c1)N1C=Cc2ccccc2N1. The Bertz CT molecular complexity index is 773. The van der Waals surface area contributed by atoms with Gasteiger partial charge in [-0.3, -0.25) is 15.5 Å². The standard InChI is InChI=1S/C15H12N4O3/c20-15(16-12-5-3-6-13(10-12)19(21)22)18-9-8-11-4-1-2-7-14(11)17-18/h1-10,17H,(H,16,20). The monoisotopic (exact) mass is 296 g/mol. The minimum atomic E-state index is -0.509. The van der Waals surface area contributed by atoms with Crippen molar-refractivity contribution in [2.45, 2.75) is 0 Å². The fraction of sp³-hybridized carbons (Fsp3) is 0. The number of hydrogen-bond acceptors (Lipinski definition) is 4. The Morgan fingerprint density at radius 1 is 1.18 bits per heavy atom. The summed E-state index contributed by atoms with van der Waals surface area (Å²) in [5, 5.41) is 14.6. The van der Waals surface area contributed by atoms with Gasteiger partial charge in [0.2, 0.25) is 0 Å². The zero-order valence-corrected chi connectivity index (χ0v) is 11.4. The van der Waals surface area contributed by atoms with Gasteiger partial charge in [-0.2, -0.15) is 0 Å². The first-order valence-electron chi connectivity index (χ1n) is 6.52. The van der Waals surface area contributed by atoms with Crippen molar-refractivity contribution in [2.75, 3.05) is 10.7 Å². The summed E-state index contributed by atoms with van der Waals surface area (Å²) in [6.07, 6.45) is 3.40. The highest BCUT2D eigenvalue weighted by Gasteiger charge is 2.16. The average molecular weight is 296 g/mol. The second-order valence-corrected chi connectivity index (χ2v) is 4.62. The van der Waals surface area contributed by atoms with Crippen molar-refractivity contribution in [3.63, 3.8) is 0 Å². The van der Waals surface area contributed by atoms with Crippen molar-refractivity contribution in [3.8, 4) is 0 Å². The first-order chi connectivity index (χ1) is 10.6. The molecular formula is C15H12N4O3. The number of hydrogen-bond donors (Lipinski definition) is 2. The molecule has 1 aliphatic heterocycles. The number of fused-ring (bicyclic) bond motifs is 1. The predicted octanol–water partition coefficient (Wildman–Crippen LogP) is 3.44. The molecule has 2 aromatic rings. The fourth-order valence-corrected chi connectivity index (χ4v) is 2.07. The molecule has 0 aromatic heterocycles. The number of benzene rings is 2. The van der Waals surface area contributed by atoms with Gasteiger partial charge in [-0.15, -0.1) is 0 Å². The van der Waals surface area contributed by atoms with Crippen LogP contribution in [0, 0.1) is 10.1 Å². The number of rotatable bonds is 2. The van der Waals surface area contributed by atoms with Gasteiger partial charge in [0.25, 0.3) is 5.69 Å². The predicted molar refractivity (Wildman–Crippen MR) is 83.1 cm³/mol. The van der Waals surface area contributed by atoms with Crippen LogP contribution in [-0.4, -0.2) is 16.0 Å². The van der Waals surface area contributed by atoms with Gasteiger partial charge >= 0.3 is 6.03 Å². The number of nitrogens with zero attached hydrogens (tertiary/aromatic N) is 2. The molecule has 22 heavy (non-hydrogen) atoms. The van der Waals surface area contributed by atoms with Gasteiger partial charge in [0.1, 0.15) is 0 Å². The van der Waals surface area contributed by atoms with Crippen molar-refractivity contribution in [2.24, 2.45) is 0 Å². The van der Waals surface area contributed by atoms with Gasteiger partial charge in [0, 0.05) is 29.6 Å². The summed E-state index contributed by atoms with van der Waals surface area (Å²) >= 11 is 0. The van der Waals surface area contributed by atoms with Crippen molar-refractivity contribution >= 4 is 29.2 Å². The summed E-state index contributed by atoms with van der Waals surface area (Å²) in [6, 6.07) is 12.9. The van der Waals surface area contributed by atoms with Crippen LogP contribution in [0.2, 0.25) is 0 Å². The van der Waals surface area contributed by atoms with Crippen LogP contribution in [0.5, 0.6) is 0 Å². The minimum Gasteiger partial charge on any atom is -0.306 e. The van der Waals surface area contributed by atoms with E-state index in [1.807, 2.05) is 24.3 Å². The number of non-ortho nitro benzene ring substituents is 1.